The Bertz CT molecular complexity index is 860. The number of hydrogen-bond acceptors (Lipinski definition) is 5. The number of carbonyl (C=O) groups excluding carboxylic acids is 1. The molecule has 1 N–H and O–H groups in total. The molecule has 29 heavy (non-hydrogen) atoms. The lowest BCUT2D eigenvalue weighted by Gasteiger charge is -2.29. The van der Waals surface area contributed by atoms with E-state index < -0.39 is 0 Å². The highest BCUT2D eigenvalue weighted by atomic mass is 16.5. The topological polar surface area (TPSA) is 77.0 Å². The second-order valence-electron chi connectivity index (χ2n) is 9.20. The highest BCUT2D eigenvalue weighted by Gasteiger charge is 2.32. The van der Waals surface area contributed by atoms with Crippen LogP contribution in [0, 0.1) is 5.92 Å². The van der Waals surface area contributed by atoms with Gasteiger partial charge >= 0.3 is 0 Å². The number of nitrogens with zero attached hydrogens (tertiary/aromatic N) is 3. The summed E-state index contributed by atoms with van der Waals surface area (Å²) in [7, 11) is 0. The summed E-state index contributed by atoms with van der Waals surface area (Å²) in [5, 5.41) is 3.13. The molecule has 2 aliphatic rings. The van der Waals surface area contributed by atoms with Gasteiger partial charge in [0, 0.05) is 23.9 Å². The molecular formula is C23H30N4O2. The van der Waals surface area contributed by atoms with Gasteiger partial charge in [-0.15, -0.1) is 0 Å². The Kier molecular flexibility index (Phi) is 5.52. The van der Waals surface area contributed by atoms with Crippen molar-refractivity contribution in [3.8, 4) is 5.88 Å². The Morgan fingerprint density at radius 3 is 2.62 bits per heavy atom. The van der Waals surface area contributed by atoms with E-state index in [9.17, 15) is 4.79 Å². The first-order chi connectivity index (χ1) is 13.9. The summed E-state index contributed by atoms with van der Waals surface area (Å²) < 4.78 is 5.95. The fourth-order valence-corrected chi connectivity index (χ4v) is 3.71. The summed E-state index contributed by atoms with van der Waals surface area (Å²) in [6.45, 7) is 6.92. The third-order valence-corrected chi connectivity index (χ3v) is 5.66. The molecule has 6 nitrogen and oxygen atoms in total. The molecule has 2 fully saturated rings. The Hall–Kier alpha value is -2.50. The lowest BCUT2D eigenvalue weighted by Crippen LogP contribution is -2.44. The van der Waals surface area contributed by atoms with Gasteiger partial charge in [-0.25, -0.2) is 4.98 Å². The van der Waals surface area contributed by atoms with Crippen molar-refractivity contribution in [2.45, 2.75) is 70.3 Å². The number of rotatable bonds is 9. The van der Waals surface area contributed by atoms with Crippen LogP contribution in [0.5, 0.6) is 5.88 Å². The van der Waals surface area contributed by atoms with Crippen LogP contribution >= 0.6 is 0 Å². The van der Waals surface area contributed by atoms with Crippen molar-refractivity contribution in [3.63, 3.8) is 0 Å². The van der Waals surface area contributed by atoms with Crippen LogP contribution in [-0.4, -0.2) is 33.0 Å². The maximum absolute atomic E-state index is 12.9. The number of amides is 1. The minimum Gasteiger partial charge on any atom is -0.476 e. The van der Waals surface area contributed by atoms with Crippen molar-refractivity contribution in [2.75, 3.05) is 6.61 Å². The minimum atomic E-state index is -0.383. The van der Waals surface area contributed by atoms with Crippen molar-refractivity contribution in [1.29, 1.82) is 0 Å². The summed E-state index contributed by atoms with van der Waals surface area (Å²) in [4.78, 5) is 26.1. The highest BCUT2D eigenvalue weighted by Crippen LogP contribution is 2.43. The number of aromatic nitrogens is 3. The van der Waals surface area contributed by atoms with Crippen molar-refractivity contribution >= 4 is 5.91 Å². The van der Waals surface area contributed by atoms with Crippen molar-refractivity contribution in [1.82, 2.24) is 20.3 Å². The van der Waals surface area contributed by atoms with E-state index in [2.05, 4.69) is 27.2 Å². The summed E-state index contributed by atoms with van der Waals surface area (Å²) in [6, 6.07) is 4.04. The van der Waals surface area contributed by atoms with E-state index in [1.807, 2.05) is 26.0 Å². The molecule has 2 saturated carbocycles. The zero-order valence-electron chi connectivity index (χ0n) is 17.5. The average molecular weight is 395 g/mol. The Morgan fingerprint density at radius 2 is 1.97 bits per heavy atom. The van der Waals surface area contributed by atoms with E-state index in [4.69, 9.17) is 4.74 Å². The quantitative estimate of drug-likeness (QED) is 0.688. The van der Waals surface area contributed by atoms with Crippen molar-refractivity contribution < 1.29 is 9.53 Å². The molecule has 2 aliphatic carbocycles. The third kappa shape index (κ3) is 5.31. The first-order valence-corrected chi connectivity index (χ1v) is 10.6. The van der Waals surface area contributed by atoms with E-state index in [1.165, 1.54) is 18.4 Å². The number of ether oxygens (including phenoxy) is 1. The van der Waals surface area contributed by atoms with Gasteiger partial charge in [0.1, 0.15) is 11.4 Å². The first-order valence-electron chi connectivity index (χ1n) is 10.6. The first kappa shape index (κ1) is 19.8. The fraction of sp³-hybridized carbons (Fsp3) is 0.565. The predicted octanol–water partition coefficient (Wildman–Crippen LogP) is 4.24. The van der Waals surface area contributed by atoms with Crippen LogP contribution < -0.4 is 10.1 Å². The standard InChI is InChI=1S/C23H30N4O2/c1-15(17-8-10-24-11-9-17)12-23(2,3)27-21(28)19-13-25-20(18-6-7-18)22(26-19)29-14-16-4-5-16/h8-11,13,15-16,18H,4-7,12,14H2,1-3H3,(H,27,28). The highest BCUT2D eigenvalue weighted by molar-refractivity contribution is 5.92. The van der Waals surface area contributed by atoms with Gasteiger partial charge in [0.05, 0.1) is 12.8 Å². The van der Waals surface area contributed by atoms with E-state index in [1.54, 1.807) is 18.6 Å². The number of hydrogen-bond donors (Lipinski definition) is 1. The molecule has 0 saturated heterocycles. The van der Waals surface area contributed by atoms with Crippen LogP contribution in [0.25, 0.3) is 0 Å². The Morgan fingerprint density at radius 1 is 1.24 bits per heavy atom. The van der Waals surface area contributed by atoms with Gasteiger partial charge in [-0.05, 0) is 75.5 Å². The fourth-order valence-electron chi connectivity index (χ4n) is 3.71. The zero-order valence-corrected chi connectivity index (χ0v) is 17.5. The molecule has 154 valence electrons. The molecule has 6 heteroatoms. The summed E-state index contributed by atoms with van der Waals surface area (Å²) in [5.41, 5.74) is 2.07. The van der Waals surface area contributed by atoms with Gasteiger partial charge in [-0.2, -0.15) is 0 Å². The zero-order chi connectivity index (χ0) is 20.4. The Labute approximate surface area is 172 Å². The maximum Gasteiger partial charge on any atom is 0.272 e. The van der Waals surface area contributed by atoms with Gasteiger partial charge in [0.15, 0.2) is 0 Å². The third-order valence-electron chi connectivity index (χ3n) is 5.66. The molecule has 1 unspecified atom stereocenters. The Balaban J connectivity index is 1.43. The number of pyridine rings is 1. The van der Waals surface area contributed by atoms with E-state index in [0.29, 0.717) is 35.9 Å². The summed E-state index contributed by atoms with van der Waals surface area (Å²) in [5.74, 6) is 1.72. The van der Waals surface area contributed by atoms with Crippen LogP contribution in [0.15, 0.2) is 30.7 Å². The largest absolute Gasteiger partial charge is 0.476 e. The lowest BCUT2D eigenvalue weighted by molar-refractivity contribution is 0.0899. The van der Waals surface area contributed by atoms with Crippen LogP contribution in [0.4, 0.5) is 0 Å². The van der Waals surface area contributed by atoms with Gasteiger partial charge in [0.2, 0.25) is 5.88 Å². The second kappa shape index (κ2) is 8.09. The van der Waals surface area contributed by atoms with Crippen molar-refractivity contribution in [3.05, 3.63) is 47.7 Å². The molecule has 0 bridgehead atoms. The smallest absolute Gasteiger partial charge is 0.272 e. The van der Waals surface area contributed by atoms with Crippen molar-refractivity contribution in [2.24, 2.45) is 5.92 Å². The van der Waals surface area contributed by atoms with Gasteiger partial charge in [-0.1, -0.05) is 6.92 Å². The molecule has 1 amide bonds. The number of carbonyl (C=O) groups is 1. The van der Waals surface area contributed by atoms with Crippen LogP contribution in [-0.2, 0) is 0 Å². The molecule has 0 radical (unpaired) electrons. The number of nitrogens with one attached hydrogen (secondary N) is 1. The van der Waals surface area contributed by atoms with Gasteiger partial charge < -0.3 is 10.1 Å². The van der Waals surface area contributed by atoms with Crippen LogP contribution in [0.1, 0.15) is 86.5 Å². The molecule has 4 rings (SSSR count). The maximum atomic E-state index is 12.9. The van der Waals surface area contributed by atoms with Gasteiger partial charge in [-0.3, -0.25) is 14.8 Å². The predicted molar refractivity (Wildman–Crippen MR) is 111 cm³/mol. The summed E-state index contributed by atoms with van der Waals surface area (Å²) >= 11 is 0. The molecule has 1 atom stereocenters. The molecule has 2 heterocycles. The van der Waals surface area contributed by atoms with Crippen LogP contribution in [0.2, 0.25) is 0 Å². The van der Waals surface area contributed by atoms with E-state index in [0.717, 1.165) is 25.0 Å². The normalized spacial score (nSPS) is 17.6. The van der Waals surface area contributed by atoms with E-state index in [-0.39, 0.29) is 11.4 Å². The van der Waals surface area contributed by atoms with Crippen LogP contribution in [0.3, 0.4) is 0 Å². The minimum absolute atomic E-state index is 0.206. The van der Waals surface area contributed by atoms with Gasteiger partial charge in [0.25, 0.3) is 5.91 Å². The average Bonchev–Trinajstić information content (AvgIpc) is 3.60. The second-order valence-corrected chi connectivity index (χ2v) is 9.20. The SMILES string of the molecule is CC(CC(C)(C)NC(=O)c1cnc(C2CC2)c(OCC2CC2)n1)c1ccncc1. The molecular weight excluding hydrogens is 364 g/mol. The molecule has 0 spiro atoms. The molecule has 0 aliphatic heterocycles. The monoisotopic (exact) mass is 394 g/mol. The molecule has 2 aromatic heterocycles. The summed E-state index contributed by atoms with van der Waals surface area (Å²) in [6.07, 6.45) is 10.7. The molecule has 0 aromatic carbocycles. The lowest BCUT2D eigenvalue weighted by atomic mass is 9.87. The van der Waals surface area contributed by atoms with E-state index >= 15 is 0 Å². The molecule has 2 aromatic rings.